The van der Waals surface area contributed by atoms with E-state index < -0.39 is 0 Å². The predicted octanol–water partition coefficient (Wildman–Crippen LogP) is 1.42. The number of aliphatic hydroxyl groups excluding tert-OH is 1. The summed E-state index contributed by atoms with van der Waals surface area (Å²) < 4.78 is 1.09. The molecule has 1 aromatic carbocycles. The normalized spacial score (nSPS) is 19.2. The first-order valence-electron chi connectivity index (χ1n) is 6.50. The van der Waals surface area contributed by atoms with E-state index in [0.717, 1.165) is 17.4 Å². The molecule has 1 atom stereocenters. The second kappa shape index (κ2) is 6.53. The third-order valence-corrected chi connectivity index (χ3v) is 4.00. The fourth-order valence-corrected chi connectivity index (χ4v) is 2.82. The van der Waals surface area contributed by atoms with Crippen molar-refractivity contribution < 1.29 is 10.0 Å². The van der Waals surface area contributed by atoms with Gasteiger partial charge in [0.1, 0.15) is 12.6 Å². The average molecular weight is 299 g/mol. The molecule has 0 radical (unpaired) electrons. The zero-order valence-electron chi connectivity index (χ0n) is 10.2. The van der Waals surface area contributed by atoms with E-state index in [1.54, 1.807) is 4.90 Å². The van der Waals surface area contributed by atoms with Crippen molar-refractivity contribution in [2.45, 2.75) is 31.8 Å². The topological polar surface area (TPSA) is 24.7 Å². The smallest absolute Gasteiger partial charge is 0.107 e. The molecule has 3 heteroatoms. The van der Waals surface area contributed by atoms with Crippen LogP contribution in [0.5, 0.6) is 0 Å². The molecule has 2 nitrogen and oxygen atoms in total. The van der Waals surface area contributed by atoms with Crippen LogP contribution in [0, 0.1) is 0 Å². The molecule has 1 fully saturated rings. The van der Waals surface area contributed by atoms with Gasteiger partial charge in [-0.25, -0.2) is 0 Å². The van der Waals surface area contributed by atoms with Crippen LogP contribution in [0.15, 0.2) is 28.7 Å². The highest BCUT2D eigenvalue weighted by molar-refractivity contribution is 9.10. The quantitative estimate of drug-likeness (QED) is 0.863. The number of likely N-dealkylation sites (tertiary alicyclic amines) is 1. The summed E-state index contributed by atoms with van der Waals surface area (Å²) in [7, 11) is 0. The van der Waals surface area contributed by atoms with Gasteiger partial charge in [0, 0.05) is 10.9 Å². The number of hydrogen-bond acceptors (Lipinski definition) is 1. The molecule has 1 unspecified atom stereocenters. The molecule has 2 N–H and O–H groups in total. The van der Waals surface area contributed by atoms with Gasteiger partial charge in [0.05, 0.1) is 13.1 Å². The molecule has 0 aliphatic carbocycles. The first kappa shape index (κ1) is 13.1. The highest BCUT2D eigenvalue weighted by atomic mass is 79.9. The van der Waals surface area contributed by atoms with Gasteiger partial charge in [-0.1, -0.05) is 28.1 Å². The Morgan fingerprint density at radius 1 is 1.12 bits per heavy atom. The third-order valence-electron chi connectivity index (χ3n) is 3.47. The van der Waals surface area contributed by atoms with Gasteiger partial charge in [0.25, 0.3) is 0 Å². The summed E-state index contributed by atoms with van der Waals surface area (Å²) in [6.45, 7) is 3.37. The zero-order valence-corrected chi connectivity index (χ0v) is 11.7. The molecule has 17 heavy (non-hydrogen) atoms. The van der Waals surface area contributed by atoms with Crippen LogP contribution in [0.2, 0.25) is 0 Å². The number of benzene rings is 1. The highest BCUT2D eigenvalue weighted by Crippen LogP contribution is 2.11. The van der Waals surface area contributed by atoms with Gasteiger partial charge in [-0.2, -0.15) is 0 Å². The summed E-state index contributed by atoms with van der Waals surface area (Å²) in [5, 5.41) is 10.1. The van der Waals surface area contributed by atoms with E-state index in [-0.39, 0.29) is 6.10 Å². The van der Waals surface area contributed by atoms with E-state index in [1.807, 2.05) is 12.1 Å². The Labute approximate surface area is 112 Å². The molecular weight excluding hydrogens is 278 g/mol. The summed E-state index contributed by atoms with van der Waals surface area (Å²) in [4.78, 5) is 1.57. The maximum Gasteiger partial charge on any atom is 0.107 e. The lowest BCUT2D eigenvalue weighted by atomic mass is 10.1. The minimum atomic E-state index is -0.204. The van der Waals surface area contributed by atoms with Crippen molar-refractivity contribution >= 4 is 15.9 Å². The predicted molar refractivity (Wildman–Crippen MR) is 73.3 cm³/mol. The van der Waals surface area contributed by atoms with Crippen LogP contribution in [-0.4, -0.2) is 30.8 Å². The third kappa shape index (κ3) is 4.41. The van der Waals surface area contributed by atoms with Crippen molar-refractivity contribution in [3.8, 4) is 0 Å². The number of aliphatic hydroxyl groups is 1. The summed E-state index contributed by atoms with van der Waals surface area (Å²) in [6.07, 6.45) is 4.58. The Balaban J connectivity index is 1.79. The van der Waals surface area contributed by atoms with Crippen LogP contribution in [0.3, 0.4) is 0 Å². The fourth-order valence-electron chi connectivity index (χ4n) is 2.55. The van der Waals surface area contributed by atoms with Gasteiger partial charge in [0.2, 0.25) is 0 Å². The van der Waals surface area contributed by atoms with Gasteiger partial charge in [0.15, 0.2) is 0 Å². The summed E-state index contributed by atoms with van der Waals surface area (Å²) in [5.74, 6) is 0. The number of rotatable bonds is 4. The zero-order chi connectivity index (χ0) is 12.1. The molecule has 2 rings (SSSR count). The molecule has 0 bridgehead atoms. The maximum atomic E-state index is 10.1. The number of hydrogen-bond donors (Lipinski definition) is 2. The number of nitrogens with one attached hydrogen (secondary N) is 1. The minimum absolute atomic E-state index is 0.204. The van der Waals surface area contributed by atoms with Crippen molar-refractivity contribution in [1.29, 1.82) is 0 Å². The van der Waals surface area contributed by atoms with Gasteiger partial charge in [-0.3, -0.25) is 0 Å². The second-order valence-electron chi connectivity index (χ2n) is 5.00. The van der Waals surface area contributed by atoms with Crippen molar-refractivity contribution in [2.75, 3.05) is 19.6 Å². The minimum Gasteiger partial charge on any atom is -0.387 e. The lowest BCUT2D eigenvalue weighted by Crippen LogP contribution is -3.13. The largest absolute Gasteiger partial charge is 0.387 e. The van der Waals surface area contributed by atoms with Crippen LogP contribution in [0.1, 0.15) is 24.8 Å². The first-order chi connectivity index (χ1) is 8.24. The van der Waals surface area contributed by atoms with Crippen molar-refractivity contribution in [1.82, 2.24) is 0 Å². The Morgan fingerprint density at radius 3 is 2.41 bits per heavy atom. The fraction of sp³-hybridized carbons (Fsp3) is 0.571. The van der Waals surface area contributed by atoms with Gasteiger partial charge in [-0.05, 0) is 37.0 Å². The summed E-state index contributed by atoms with van der Waals surface area (Å²) in [6, 6.07) is 8.24. The Hall–Kier alpha value is -0.380. The Morgan fingerprint density at radius 2 is 1.76 bits per heavy atom. The Bertz CT molecular complexity index is 333. The average Bonchev–Trinajstić information content (AvgIpc) is 2.33. The van der Waals surface area contributed by atoms with Crippen LogP contribution in [-0.2, 0) is 6.42 Å². The molecule has 0 spiro atoms. The van der Waals surface area contributed by atoms with Crippen LogP contribution in [0.25, 0.3) is 0 Å². The second-order valence-corrected chi connectivity index (χ2v) is 5.91. The van der Waals surface area contributed by atoms with Crippen LogP contribution in [0.4, 0.5) is 0 Å². The molecule has 1 aromatic rings. The standard InChI is InChI=1S/C14H20BrNO/c15-13-6-4-12(5-7-13)10-14(17)11-16-8-2-1-3-9-16/h4-7,14,17H,1-3,8-11H2/p+1. The lowest BCUT2D eigenvalue weighted by molar-refractivity contribution is -0.907. The first-order valence-corrected chi connectivity index (χ1v) is 7.29. The molecule has 1 aliphatic heterocycles. The number of quaternary nitrogens is 1. The lowest BCUT2D eigenvalue weighted by Gasteiger charge is -2.25. The molecule has 0 amide bonds. The molecule has 0 aromatic heterocycles. The molecule has 1 heterocycles. The van der Waals surface area contributed by atoms with Crippen LogP contribution < -0.4 is 4.90 Å². The number of halogens is 1. The van der Waals surface area contributed by atoms with Gasteiger partial charge >= 0.3 is 0 Å². The number of piperidine rings is 1. The molecular formula is C14H21BrNO+. The van der Waals surface area contributed by atoms with E-state index >= 15 is 0 Å². The van der Waals surface area contributed by atoms with Gasteiger partial charge < -0.3 is 10.0 Å². The van der Waals surface area contributed by atoms with Gasteiger partial charge in [-0.15, -0.1) is 0 Å². The monoisotopic (exact) mass is 298 g/mol. The Kier molecular flexibility index (Phi) is 5.01. The van der Waals surface area contributed by atoms with Crippen molar-refractivity contribution in [3.63, 3.8) is 0 Å². The highest BCUT2D eigenvalue weighted by Gasteiger charge is 2.17. The van der Waals surface area contributed by atoms with E-state index in [9.17, 15) is 5.11 Å². The van der Waals surface area contributed by atoms with Crippen molar-refractivity contribution in [2.24, 2.45) is 0 Å². The van der Waals surface area contributed by atoms with E-state index in [4.69, 9.17) is 0 Å². The van der Waals surface area contributed by atoms with E-state index in [0.29, 0.717) is 0 Å². The molecule has 1 saturated heterocycles. The molecule has 0 saturated carbocycles. The maximum absolute atomic E-state index is 10.1. The molecule has 1 aliphatic rings. The SMILES string of the molecule is OC(Cc1ccc(Br)cc1)C[NH+]1CCCCC1. The molecule has 94 valence electrons. The van der Waals surface area contributed by atoms with E-state index in [2.05, 4.69) is 28.1 Å². The van der Waals surface area contributed by atoms with Crippen molar-refractivity contribution in [3.05, 3.63) is 34.3 Å². The summed E-state index contributed by atoms with van der Waals surface area (Å²) in [5.41, 5.74) is 1.22. The summed E-state index contributed by atoms with van der Waals surface area (Å²) >= 11 is 3.42. The van der Waals surface area contributed by atoms with E-state index in [1.165, 1.54) is 37.9 Å². The van der Waals surface area contributed by atoms with Crippen LogP contribution >= 0.6 is 15.9 Å².